The maximum Gasteiger partial charge on any atom is 0.337 e. The third-order valence-corrected chi connectivity index (χ3v) is 6.05. The van der Waals surface area contributed by atoms with E-state index in [2.05, 4.69) is 29.8 Å². The molecular weight excluding hydrogens is 444 g/mol. The molecule has 0 spiro atoms. The highest BCUT2D eigenvalue weighted by Crippen LogP contribution is 2.32. The maximum atomic E-state index is 12.8. The molecule has 35 heavy (non-hydrogen) atoms. The van der Waals surface area contributed by atoms with E-state index in [4.69, 9.17) is 4.74 Å². The Morgan fingerprint density at radius 3 is 2.40 bits per heavy atom. The number of allylic oxidation sites excluding steroid dienone is 1. The molecule has 1 heterocycles. The number of unbranched alkanes of at least 4 members (excludes halogenated alkanes) is 1. The van der Waals surface area contributed by atoms with Crippen molar-refractivity contribution < 1.29 is 19.1 Å². The molecule has 0 saturated carbocycles. The van der Waals surface area contributed by atoms with Gasteiger partial charge in [-0.15, -0.1) is 0 Å². The molecule has 0 aliphatic carbocycles. The average Bonchev–Trinajstić information content (AvgIpc) is 2.83. The lowest BCUT2D eigenvalue weighted by Gasteiger charge is -2.35. The Labute approximate surface area is 206 Å². The molecule has 4 amide bonds. The van der Waals surface area contributed by atoms with E-state index in [1.165, 1.54) is 12.7 Å². The van der Waals surface area contributed by atoms with Crippen LogP contribution < -0.4 is 16.0 Å². The standard InChI is InChI=1S/C27H34N4O4/c1-6-7-15-31-18(4)23(25(32)35-5)24(30-27(31)34)20-9-8-10-22(16-20)29-26(33)28-21-13-11-19(12-14-21)17(2)3/h8-14,16-17,24H,6-7,15H2,1-5H3,(H,30,34)(H2,28,29,33). The number of carbonyl (C=O) groups is 3. The second-order valence-corrected chi connectivity index (χ2v) is 8.86. The fourth-order valence-corrected chi connectivity index (χ4v) is 4.03. The number of hydrogen-bond acceptors (Lipinski definition) is 4. The van der Waals surface area contributed by atoms with E-state index in [1.54, 1.807) is 36.1 Å². The van der Waals surface area contributed by atoms with Gasteiger partial charge in [0.25, 0.3) is 0 Å². The lowest BCUT2D eigenvalue weighted by Crippen LogP contribution is -2.48. The van der Waals surface area contributed by atoms with Gasteiger partial charge in [0.1, 0.15) is 0 Å². The van der Waals surface area contributed by atoms with Gasteiger partial charge in [-0.1, -0.05) is 51.5 Å². The van der Waals surface area contributed by atoms with E-state index in [9.17, 15) is 14.4 Å². The predicted octanol–water partition coefficient (Wildman–Crippen LogP) is 5.77. The number of anilines is 2. The van der Waals surface area contributed by atoms with Gasteiger partial charge < -0.3 is 20.7 Å². The number of amides is 4. The summed E-state index contributed by atoms with van der Waals surface area (Å²) in [6.07, 6.45) is 1.74. The van der Waals surface area contributed by atoms with Crippen LogP contribution in [-0.2, 0) is 9.53 Å². The Kier molecular flexibility index (Phi) is 8.52. The molecule has 0 saturated heterocycles. The Morgan fingerprint density at radius 2 is 1.77 bits per heavy atom. The second kappa shape index (κ2) is 11.6. The summed E-state index contributed by atoms with van der Waals surface area (Å²) in [7, 11) is 1.32. The van der Waals surface area contributed by atoms with Crippen molar-refractivity contribution in [2.75, 3.05) is 24.3 Å². The minimum atomic E-state index is -0.693. The van der Waals surface area contributed by atoms with Crippen molar-refractivity contribution in [2.45, 2.75) is 52.5 Å². The van der Waals surface area contributed by atoms with Crippen molar-refractivity contribution in [2.24, 2.45) is 0 Å². The number of benzene rings is 2. The molecule has 8 nitrogen and oxygen atoms in total. The number of hydrogen-bond donors (Lipinski definition) is 3. The van der Waals surface area contributed by atoms with Gasteiger partial charge in [-0.2, -0.15) is 0 Å². The normalized spacial score (nSPS) is 15.7. The molecule has 3 rings (SSSR count). The molecule has 1 atom stereocenters. The molecule has 3 N–H and O–H groups in total. The van der Waals surface area contributed by atoms with E-state index in [-0.39, 0.29) is 6.03 Å². The SMILES string of the molecule is CCCCN1C(=O)NC(c2cccc(NC(=O)Nc3ccc(C(C)C)cc3)c2)C(C(=O)OC)=C1C. The minimum Gasteiger partial charge on any atom is -0.466 e. The lowest BCUT2D eigenvalue weighted by molar-refractivity contribution is -0.136. The summed E-state index contributed by atoms with van der Waals surface area (Å²) in [6, 6.07) is 13.4. The number of nitrogens with one attached hydrogen (secondary N) is 3. The van der Waals surface area contributed by atoms with E-state index in [0.29, 0.717) is 40.7 Å². The van der Waals surface area contributed by atoms with Gasteiger partial charge in [0.15, 0.2) is 0 Å². The minimum absolute atomic E-state index is 0.269. The zero-order valence-electron chi connectivity index (χ0n) is 21.0. The monoisotopic (exact) mass is 478 g/mol. The molecule has 0 fully saturated rings. The van der Waals surface area contributed by atoms with E-state index < -0.39 is 18.0 Å². The first-order valence-electron chi connectivity index (χ1n) is 11.9. The van der Waals surface area contributed by atoms with Crippen molar-refractivity contribution in [3.63, 3.8) is 0 Å². The quantitative estimate of drug-likeness (QED) is 0.420. The summed E-state index contributed by atoms with van der Waals surface area (Å²) in [4.78, 5) is 39.7. The number of methoxy groups -OCH3 is 1. The van der Waals surface area contributed by atoms with E-state index in [1.807, 2.05) is 31.2 Å². The van der Waals surface area contributed by atoms with Crippen LogP contribution >= 0.6 is 0 Å². The summed E-state index contributed by atoms with van der Waals surface area (Å²) >= 11 is 0. The molecule has 1 aliphatic heterocycles. The molecule has 0 radical (unpaired) electrons. The van der Waals surface area contributed by atoms with E-state index in [0.717, 1.165) is 12.8 Å². The van der Waals surface area contributed by atoms with Crippen molar-refractivity contribution >= 4 is 29.4 Å². The molecule has 1 unspecified atom stereocenters. The highest BCUT2D eigenvalue weighted by atomic mass is 16.5. The van der Waals surface area contributed by atoms with Gasteiger partial charge >= 0.3 is 18.0 Å². The molecule has 8 heteroatoms. The molecule has 1 aliphatic rings. The number of rotatable bonds is 8. The topological polar surface area (TPSA) is 99.8 Å². The summed E-state index contributed by atoms with van der Waals surface area (Å²) in [5, 5.41) is 8.56. The largest absolute Gasteiger partial charge is 0.466 e. The van der Waals surface area contributed by atoms with Crippen LogP contribution in [0.5, 0.6) is 0 Å². The first-order chi connectivity index (χ1) is 16.7. The number of nitrogens with zero attached hydrogens (tertiary/aromatic N) is 1. The van der Waals surface area contributed by atoms with Crippen molar-refractivity contribution in [1.82, 2.24) is 10.2 Å². The zero-order valence-corrected chi connectivity index (χ0v) is 21.0. The third kappa shape index (κ3) is 6.20. The van der Waals surface area contributed by atoms with Gasteiger partial charge in [-0.05, 0) is 54.7 Å². The molecule has 0 aromatic heterocycles. The molecule has 2 aromatic carbocycles. The number of ether oxygens (including phenoxy) is 1. The highest BCUT2D eigenvalue weighted by molar-refractivity contribution is 6.00. The van der Waals surface area contributed by atoms with Crippen molar-refractivity contribution in [1.29, 1.82) is 0 Å². The summed E-state index contributed by atoms with van der Waals surface area (Å²) < 4.78 is 5.03. The first-order valence-corrected chi connectivity index (χ1v) is 11.9. The Hall–Kier alpha value is -3.81. The van der Waals surface area contributed by atoms with Crippen molar-refractivity contribution in [3.8, 4) is 0 Å². The predicted molar refractivity (Wildman–Crippen MR) is 137 cm³/mol. The van der Waals surface area contributed by atoms with Crippen LogP contribution in [0.2, 0.25) is 0 Å². The number of esters is 1. The molecule has 2 aromatic rings. The molecule has 0 bridgehead atoms. The van der Waals surface area contributed by atoms with Crippen LogP contribution in [0.4, 0.5) is 21.0 Å². The zero-order chi connectivity index (χ0) is 25.5. The summed E-state index contributed by atoms with van der Waals surface area (Å²) in [6.45, 7) is 8.54. The summed E-state index contributed by atoms with van der Waals surface area (Å²) in [5.41, 5.74) is 4.00. The highest BCUT2D eigenvalue weighted by Gasteiger charge is 2.36. The molecule has 186 valence electrons. The van der Waals surface area contributed by atoms with Gasteiger partial charge in [-0.25, -0.2) is 14.4 Å². The van der Waals surface area contributed by atoms with Crippen LogP contribution in [0.3, 0.4) is 0 Å². The van der Waals surface area contributed by atoms with Gasteiger partial charge in [-0.3, -0.25) is 4.90 Å². The number of urea groups is 2. The molecular formula is C27H34N4O4. The Bertz CT molecular complexity index is 1110. The fourth-order valence-electron chi connectivity index (χ4n) is 4.03. The third-order valence-electron chi connectivity index (χ3n) is 6.05. The van der Waals surface area contributed by atoms with Crippen LogP contribution in [0.25, 0.3) is 0 Å². The smallest absolute Gasteiger partial charge is 0.337 e. The average molecular weight is 479 g/mol. The van der Waals surface area contributed by atoms with Crippen LogP contribution in [0.15, 0.2) is 59.8 Å². The van der Waals surface area contributed by atoms with Crippen LogP contribution in [0, 0.1) is 0 Å². The second-order valence-electron chi connectivity index (χ2n) is 8.86. The summed E-state index contributed by atoms with van der Waals surface area (Å²) in [5.74, 6) is -0.0952. The van der Waals surface area contributed by atoms with Crippen molar-refractivity contribution in [3.05, 3.63) is 70.9 Å². The van der Waals surface area contributed by atoms with Crippen LogP contribution in [0.1, 0.15) is 63.6 Å². The van der Waals surface area contributed by atoms with Gasteiger partial charge in [0.2, 0.25) is 0 Å². The van der Waals surface area contributed by atoms with Crippen LogP contribution in [-0.4, -0.2) is 36.6 Å². The van der Waals surface area contributed by atoms with Gasteiger partial charge in [0.05, 0.1) is 18.7 Å². The first kappa shape index (κ1) is 25.8. The van der Waals surface area contributed by atoms with Gasteiger partial charge in [0, 0.05) is 23.6 Å². The van der Waals surface area contributed by atoms with E-state index >= 15 is 0 Å². The number of carbonyl (C=O) groups excluding carboxylic acids is 3. The maximum absolute atomic E-state index is 12.8. The Morgan fingerprint density at radius 1 is 1.09 bits per heavy atom. The Balaban J connectivity index is 1.81. The lowest BCUT2D eigenvalue weighted by atomic mass is 9.94. The fraction of sp³-hybridized carbons (Fsp3) is 0.370.